The molecule has 0 saturated heterocycles. The molecule has 0 amide bonds. The van der Waals surface area contributed by atoms with Crippen molar-refractivity contribution in [2.45, 2.75) is 50.1 Å². The fourth-order valence-electron chi connectivity index (χ4n) is 3.73. The Morgan fingerprint density at radius 2 is 1.79 bits per heavy atom. The first-order valence-corrected chi connectivity index (χ1v) is 11.0. The monoisotopic (exact) mass is 396 g/mol. The average molecular weight is 397 g/mol. The van der Waals surface area contributed by atoms with Gasteiger partial charge in [-0.2, -0.15) is 5.10 Å². The summed E-state index contributed by atoms with van der Waals surface area (Å²) in [5.41, 5.74) is 1.43. The first-order chi connectivity index (χ1) is 13.6. The Balaban J connectivity index is 1.74. The number of hydrogen-bond acceptors (Lipinski definition) is 4. The Kier molecular flexibility index (Phi) is 5.17. The molecule has 0 atom stereocenters. The highest BCUT2D eigenvalue weighted by Crippen LogP contribution is 2.32. The van der Waals surface area contributed by atoms with Crippen LogP contribution in [0.1, 0.15) is 43.0 Å². The van der Waals surface area contributed by atoms with Gasteiger partial charge in [-0.3, -0.25) is 4.68 Å². The number of rotatable bonds is 6. The summed E-state index contributed by atoms with van der Waals surface area (Å²) in [5.74, 6) is 0.402. The predicted octanol–water partition coefficient (Wildman–Crippen LogP) is 4.10. The molecule has 1 aliphatic carbocycles. The number of pyridine rings is 1. The second-order valence-corrected chi connectivity index (χ2v) is 9.01. The molecule has 1 aliphatic rings. The third kappa shape index (κ3) is 3.67. The van der Waals surface area contributed by atoms with E-state index in [1.165, 1.54) is 17.1 Å². The zero-order valence-corrected chi connectivity index (χ0v) is 16.7. The van der Waals surface area contributed by atoms with Crippen LogP contribution in [0.4, 0.5) is 5.82 Å². The minimum Gasteiger partial charge on any atom is -0.268 e. The average Bonchev–Trinajstić information content (AvgIpc) is 3.37. The quantitative estimate of drug-likeness (QED) is 0.629. The van der Waals surface area contributed by atoms with Gasteiger partial charge in [0.25, 0.3) is 10.0 Å². The summed E-state index contributed by atoms with van der Waals surface area (Å²) in [6.45, 7) is 1.98. The maximum absolute atomic E-state index is 13.6. The van der Waals surface area contributed by atoms with Crippen molar-refractivity contribution in [2.24, 2.45) is 0 Å². The van der Waals surface area contributed by atoms with E-state index in [9.17, 15) is 8.42 Å². The van der Waals surface area contributed by atoms with Crippen LogP contribution >= 0.6 is 0 Å². The summed E-state index contributed by atoms with van der Waals surface area (Å²) in [4.78, 5) is 4.55. The van der Waals surface area contributed by atoms with Crippen molar-refractivity contribution in [1.82, 2.24) is 14.8 Å². The molecule has 2 aromatic heterocycles. The molecule has 1 aromatic carbocycles. The molecule has 0 bridgehead atoms. The van der Waals surface area contributed by atoms with Crippen LogP contribution in [-0.2, 0) is 16.6 Å². The Labute approximate surface area is 165 Å². The Morgan fingerprint density at radius 1 is 1.07 bits per heavy atom. The fourth-order valence-corrected chi connectivity index (χ4v) is 5.30. The van der Waals surface area contributed by atoms with Crippen LogP contribution < -0.4 is 4.31 Å². The summed E-state index contributed by atoms with van der Waals surface area (Å²) in [6, 6.07) is 15.1. The molecule has 6 nitrogen and oxygen atoms in total. The SMILES string of the molecule is Cc1nn(C2CCCC2)cc1S(=O)(=O)N(Cc1ccccc1)c1ccccn1. The maximum atomic E-state index is 13.6. The molecular weight excluding hydrogens is 372 g/mol. The molecule has 0 aliphatic heterocycles. The molecule has 0 unspecified atom stereocenters. The first kappa shape index (κ1) is 18.7. The van der Waals surface area contributed by atoms with E-state index in [1.54, 1.807) is 37.5 Å². The van der Waals surface area contributed by atoms with Crippen LogP contribution in [0.5, 0.6) is 0 Å². The minimum absolute atomic E-state index is 0.217. The second kappa shape index (κ2) is 7.75. The van der Waals surface area contributed by atoms with E-state index in [0.29, 0.717) is 17.6 Å². The molecule has 1 fully saturated rings. The van der Waals surface area contributed by atoms with E-state index >= 15 is 0 Å². The smallest absolute Gasteiger partial charge is 0.268 e. The predicted molar refractivity (Wildman–Crippen MR) is 109 cm³/mol. The van der Waals surface area contributed by atoms with E-state index in [4.69, 9.17) is 0 Å². The molecule has 1 saturated carbocycles. The third-order valence-electron chi connectivity index (χ3n) is 5.21. The zero-order valence-electron chi connectivity index (χ0n) is 15.9. The van der Waals surface area contributed by atoms with E-state index < -0.39 is 10.0 Å². The van der Waals surface area contributed by atoms with Gasteiger partial charge >= 0.3 is 0 Å². The highest BCUT2D eigenvalue weighted by Gasteiger charge is 2.31. The molecule has 4 rings (SSSR count). The van der Waals surface area contributed by atoms with Crippen molar-refractivity contribution in [3.05, 3.63) is 72.2 Å². The van der Waals surface area contributed by atoms with Gasteiger partial charge in [-0.25, -0.2) is 17.7 Å². The Bertz CT molecular complexity index is 1030. The Hall–Kier alpha value is -2.67. The lowest BCUT2D eigenvalue weighted by Gasteiger charge is -2.23. The van der Waals surface area contributed by atoms with Gasteiger partial charge in [0.15, 0.2) is 0 Å². The van der Waals surface area contributed by atoms with Gasteiger partial charge in [-0.1, -0.05) is 49.2 Å². The van der Waals surface area contributed by atoms with Crippen molar-refractivity contribution in [1.29, 1.82) is 0 Å². The lowest BCUT2D eigenvalue weighted by molar-refractivity contribution is 0.464. The number of aryl methyl sites for hydroxylation is 1. The number of anilines is 1. The van der Waals surface area contributed by atoms with Crippen LogP contribution in [0.25, 0.3) is 0 Å². The van der Waals surface area contributed by atoms with Gasteiger partial charge in [0.1, 0.15) is 10.7 Å². The summed E-state index contributed by atoms with van der Waals surface area (Å²) >= 11 is 0. The van der Waals surface area contributed by atoms with Crippen molar-refractivity contribution in [3.63, 3.8) is 0 Å². The van der Waals surface area contributed by atoms with Gasteiger partial charge in [0, 0.05) is 12.4 Å². The maximum Gasteiger partial charge on any atom is 0.269 e. The topological polar surface area (TPSA) is 68.1 Å². The van der Waals surface area contributed by atoms with Crippen molar-refractivity contribution in [3.8, 4) is 0 Å². The number of nitrogens with zero attached hydrogens (tertiary/aromatic N) is 4. The number of aromatic nitrogens is 3. The van der Waals surface area contributed by atoms with Gasteiger partial charge in [-0.15, -0.1) is 0 Å². The van der Waals surface area contributed by atoms with Crippen LogP contribution in [0.3, 0.4) is 0 Å². The van der Waals surface area contributed by atoms with E-state index in [2.05, 4.69) is 10.1 Å². The molecule has 146 valence electrons. The molecular formula is C21H24N4O2S. The lowest BCUT2D eigenvalue weighted by Crippen LogP contribution is -2.31. The highest BCUT2D eigenvalue weighted by atomic mass is 32.2. The van der Waals surface area contributed by atoms with Crippen molar-refractivity contribution >= 4 is 15.8 Å². The standard InChI is InChI=1S/C21H24N4O2S/c1-17-20(16-24(23-17)19-11-5-6-12-19)28(26,27)25(21-13-7-8-14-22-21)15-18-9-3-2-4-10-18/h2-4,7-10,13-14,16,19H,5-6,11-12,15H2,1H3. The van der Waals surface area contributed by atoms with E-state index in [1.807, 2.05) is 35.0 Å². The van der Waals surface area contributed by atoms with Crippen LogP contribution in [0.15, 0.2) is 65.8 Å². The normalized spacial score (nSPS) is 15.0. The molecule has 28 heavy (non-hydrogen) atoms. The number of sulfonamides is 1. The van der Waals surface area contributed by atoms with Gasteiger partial charge < -0.3 is 0 Å². The largest absolute Gasteiger partial charge is 0.269 e. The van der Waals surface area contributed by atoms with Gasteiger partial charge in [0.05, 0.1) is 18.3 Å². The summed E-state index contributed by atoms with van der Waals surface area (Å²) in [5, 5.41) is 4.53. The molecule has 0 spiro atoms. The van der Waals surface area contributed by atoms with Crippen molar-refractivity contribution in [2.75, 3.05) is 4.31 Å². The minimum atomic E-state index is -3.80. The summed E-state index contributed by atoms with van der Waals surface area (Å²) < 4.78 is 30.4. The van der Waals surface area contributed by atoms with E-state index in [-0.39, 0.29) is 11.4 Å². The van der Waals surface area contributed by atoms with Gasteiger partial charge in [-0.05, 0) is 37.5 Å². The van der Waals surface area contributed by atoms with Gasteiger partial charge in [0.2, 0.25) is 0 Å². The number of hydrogen-bond donors (Lipinski definition) is 0. The molecule has 3 aromatic rings. The van der Waals surface area contributed by atoms with Crippen LogP contribution in [0.2, 0.25) is 0 Å². The molecule has 7 heteroatoms. The lowest BCUT2D eigenvalue weighted by atomic mass is 10.2. The fraction of sp³-hybridized carbons (Fsp3) is 0.333. The molecule has 0 N–H and O–H groups in total. The zero-order chi connectivity index (χ0) is 19.6. The van der Waals surface area contributed by atoms with Crippen molar-refractivity contribution < 1.29 is 8.42 Å². The number of benzene rings is 1. The summed E-state index contributed by atoms with van der Waals surface area (Å²) in [7, 11) is -3.80. The molecule has 2 heterocycles. The first-order valence-electron chi connectivity index (χ1n) is 9.59. The summed E-state index contributed by atoms with van der Waals surface area (Å²) in [6.07, 6.45) is 7.74. The molecule has 0 radical (unpaired) electrons. The van der Waals surface area contributed by atoms with Crippen LogP contribution in [-0.4, -0.2) is 23.2 Å². The highest BCUT2D eigenvalue weighted by molar-refractivity contribution is 7.92. The second-order valence-electron chi connectivity index (χ2n) is 7.18. The third-order valence-corrected chi connectivity index (χ3v) is 7.07. The van der Waals surface area contributed by atoms with Crippen LogP contribution in [0, 0.1) is 6.92 Å². The Morgan fingerprint density at radius 3 is 2.46 bits per heavy atom. The van der Waals surface area contributed by atoms with E-state index in [0.717, 1.165) is 18.4 Å².